The highest BCUT2D eigenvalue weighted by atomic mass is 35.5. The lowest BCUT2D eigenvalue weighted by atomic mass is 9.65. The SMILES string of the molecule is CC1(C)CC2CC(C)(CN2c2ncnc(Nc3ccc(Cl)c(C(F)(F)F)c3)c2N)C1. The number of benzene rings is 1. The van der Waals surface area contributed by atoms with Crippen molar-refractivity contribution in [3.8, 4) is 0 Å². The van der Waals surface area contributed by atoms with E-state index in [1.54, 1.807) is 0 Å². The molecule has 1 aliphatic carbocycles. The molecule has 0 radical (unpaired) electrons. The Hall–Kier alpha value is -2.22. The highest BCUT2D eigenvalue weighted by Crippen LogP contribution is 2.54. The van der Waals surface area contributed by atoms with Crippen LogP contribution in [0.25, 0.3) is 0 Å². The fourth-order valence-corrected chi connectivity index (χ4v) is 5.60. The lowest BCUT2D eigenvalue weighted by molar-refractivity contribution is -0.137. The average Bonchev–Trinajstić information content (AvgIpc) is 2.86. The Morgan fingerprint density at radius 1 is 1.20 bits per heavy atom. The minimum absolute atomic E-state index is 0.190. The van der Waals surface area contributed by atoms with Gasteiger partial charge in [0.25, 0.3) is 0 Å². The number of aromatic nitrogens is 2. The number of hydrogen-bond donors (Lipinski definition) is 2. The van der Waals surface area contributed by atoms with Gasteiger partial charge in [0.05, 0.1) is 10.6 Å². The van der Waals surface area contributed by atoms with Crippen molar-refractivity contribution in [2.45, 2.75) is 52.3 Å². The monoisotopic (exact) mass is 439 g/mol. The molecule has 2 fully saturated rings. The van der Waals surface area contributed by atoms with Crippen LogP contribution in [0, 0.1) is 10.8 Å². The summed E-state index contributed by atoms with van der Waals surface area (Å²) in [5, 5.41) is 2.54. The van der Waals surface area contributed by atoms with Crippen molar-refractivity contribution < 1.29 is 13.2 Å². The number of nitrogen functional groups attached to an aromatic ring is 1. The number of nitrogens with one attached hydrogen (secondary N) is 1. The fraction of sp³-hybridized carbons (Fsp3) is 0.524. The van der Waals surface area contributed by atoms with E-state index in [9.17, 15) is 13.2 Å². The van der Waals surface area contributed by atoms with Gasteiger partial charge in [-0.2, -0.15) is 13.2 Å². The first-order valence-corrected chi connectivity index (χ1v) is 10.3. The summed E-state index contributed by atoms with van der Waals surface area (Å²) in [6, 6.07) is 3.95. The standard InChI is InChI=1S/C21H25ClF3N5/c1-19(2)7-13-8-20(3,9-19)10-30(13)18-16(26)17(27-11-28-18)29-12-4-5-15(22)14(6-12)21(23,24)25/h4-6,11,13H,7-10,26H2,1-3H3,(H,27,28,29). The molecule has 1 saturated heterocycles. The third kappa shape index (κ3) is 3.89. The van der Waals surface area contributed by atoms with E-state index in [1.807, 2.05) is 0 Å². The molecule has 4 rings (SSSR count). The van der Waals surface area contributed by atoms with Gasteiger partial charge < -0.3 is 16.0 Å². The molecule has 9 heteroatoms. The zero-order valence-corrected chi connectivity index (χ0v) is 17.9. The molecule has 162 valence electrons. The van der Waals surface area contributed by atoms with E-state index in [4.69, 9.17) is 17.3 Å². The molecule has 0 spiro atoms. The molecule has 2 unspecified atom stereocenters. The van der Waals surface area contributed by atoms with E-state index >= 15 is 0 Å². The Morgan fingerprint density at radius 3 is 2.63 bits per heavy atom. The van der Waals surface area contributed by atoms with Crippen molar-refractivity contribution in [1.82, 2.24) is 9.97 Å². The van der Waals surface area contributed by atoms with E-state index in [1.165, 1.54) is 18.5 Å². The summed E-state index contributed by atoms with van der Waals surface area (Å²) >= 11 is 5.71. The number of halogens is 4. The zero-order valence-electron chi connectivity index (χ0n) is 17.1. The van der Waals surface area contributed by atoms with Gasteiger partial charge in [-0.1, -0.05) is 32.4 Å². The average molecular weight is 440 g/mol. The van der Waals surface area contributed by atoms with Gasteiger partial charge in [-0.05, 0) is 48.3 Å². The normalized spacial score (nSPS) is 25.4. The summed E-state index contributed by atoms with van der Waals surface area (Å²) in [4.78, 5) is 10.8. The van der Waals surface area contributed by atoms with Gasteiger partial charge in [0.15, 0.2) is 11.6 Å². The third-order valence-corrected chi connectivity index (χ3v) is 6.41. The first-order chi connectivity index (χ1) is 13.9. The second-order valence-corrected chi connectivity index (χ2v) is 10.0. The van der Waals surface area contributed by atoms with E-state index < -0.39 is 11.7 Å². The summed E-state index contributed by atoms with van der Waals surface area (Å²) in [5.74, 6) is 0.908. The molecule has 0 amide bonds. The van der Waals surface area contributed by atoms with Crippen LogP contribution < -0.4 is 16.0 Å². The molecule has 5 nitrogen and oxygen atoms in total. The molecule has 2 aliphatic rings. The summed E-state index contributed by atoms with van der Waals surface area (Å²) in [6.07, 6.45) is 0.0978. The summed E-state index contributed by atoms with van der Waals surface area (Å²) in [5.41, 5.74) is 6.44. The Bertz CT molecular complexity index is 978. The Labute approximate surface area is 178 Å². The van der Waals surface area contributed by atoms with Crippen molar-refractivity contribution >= 4 is 34.6 Å². The molecule has 2 aromatic rings. The van der Waals surface area contributed by atoms with E-state index in [0.29, 0.717) is 17.5 Å². The Kier molecular flexibility index (Phi) is 4.84. The number of rotatable bonds is 3. The molecular weight excluding hydrogens is 415 g/mol. The van der Waals surface area contributed by atoms with E-state index in [-0.39, 0.29) is 27.4 Å². The van der Waals surface area contributed by atoms with Gasteiger partial charge in [0.2, 0.25) is 0 Å². The van der Waals surface area contributed by atoms with Crippen LogP contribution in [0.1, 0.15) is 45.6 Å². The molecule has 30 heavy (non-hydrogen) atoms. The molecule has 2 bridgehead atoms. The number of fused-ring (bicyclic) bond motifs is 2. The maximum Gasteiger partial charge on any atom is 0.417 e. The number of nitrogens with zero attached hydrogens (tertiary/aromatic N) is 3. The van der Waals surface area contributed by atoms with Crippen molar-refractivity contribution in [3.05, 3.63) is 35.1 Å². The van der Waals surface area contributed by atoms with Crippen molar-refractivity contribution in [3.63, 3.8) is 0 Å². The quantitative estimate of drug-likeness (QED) is 0.625. The predicted molar refractivity (Wildman–Crippen MR) is 113 cm³/mol. The van der Waals surface area contributed by atoms with Gasteiger partial charge in [-0.15, -0.1) is 0 Å². The molecule has 1 aliphatic heterocycles. The van der Waals surface area contributed by atoms with Gasteiger partial charge in [0, 0.05) is 18.3 Å². The van der Waals surface area contributed by atoms with Gasteiger partial charge in [-0.25, -0.2) is 9.97 Å². The van der Waals surface area contributed by atoms with E-state index in [0.717, 1.165) is 31.9 Å². The smallest absolute Gasteiger partial charge is 0.393 e. The molecule has 2 heterocycles. The van der Waals surface area contributed by atoms with Crippen LogP contribution in [0.4, 0.5) is 36.2 Å². The molecule has 1 aromatic carbocycles. The maximum atomic E-state index is 13.2. The Morgan fingerprint density at radius 2 is 1.93 bits per heavy atom. The molecule has 1 aromatic heterocycles. The number of alkyl halides is 3. The first-order valence-electron chi connectivity index (χ1n) is 9.88. The predicted octanol–water partition coefficient (Wildman–Crippen LogP) is 5.88. The zero-order chi connectivity index (χ0) is 21.9. The summed E-state index contributed by atoms with van der Waals surface area (Å²) < 4.78 is 39.5. The Balaban J connectivity index is 1.64. The van der Waals surface area contributed by atoms with E-state index in [2.05, 4.69) is 41.0 Å². The third-order valence-electron chi connectivity index (χ3n) is 6.08. The van der Waals surface area contributed by atoms with Crippen molar-refractivity contribution in [2.75, 3.05) is 22.5 Å². The second kappa shape index (κ2) is 6.90. The molecule has 2 atom stereocenters. The maximum absolute atomic E-state index is 13.2. The van der Waals surface area contributed by atoms with Gasteiger partial charge >= 0.3 is 6.18 Å². The van der Waals surface area contributed by atoms with Crippen LogP contribution in [0.3, 0.4) is 0 Å². The number of hydrogen-bond acceptors (Lipinski definition) is 5. The van der Waals surface area contributed by atoms with Crippen molar-refractivity contribution in [1.29, 1.82) is 0 Å². The lowest BCUT2D eigenvalue weighted by Crippen LogP contribution is -2.35. The second-order valence-electron chi connectivity index (χ2n) is 9.62. The minimum atomic E-state index is -4.55. The topological polar surface area (TPSA) is 67.1 Å². The molecule has 1 saturated carbocycles. The van der Waals surface area contributed by atoms with Crippen LogP contribution in [-0.4, -0.2) is 22.6 Å². The number of anilines is 4. The van der Waals surface area contributed by atoms with Gasteiger partial charge in [0.1, 0.15) is 12.0 Å². The summed E-state index contributed by atoms with van der Waals surface area (Å²) in [6.45, 7) is 7.72. The van der Waals surface area contributed by atoms with Crippen LogP contribution in [-0.2, 0) is 6.18 Å². The lowest BCUT2D eigenvalue weighted by Gasteiger charge is -2.39. The summed E-state index contributed by atoms with van der Waals surface area (Å²) in [7, 11) is 0. The largest absolute Gasteiger partial charge is 0.417 e. The molecule has 3 N–H and O–H groups in total. The van der Waals surface area contributed by atoms with Crippen LogP contribution >= 0.6 is 11.6 Å². The minimum Gasteiger partial charge on any atom is -0.393 e. The van der Waals surface area contributed by atoms with Crippen LogP contribution in [0.15, 0.2) is 24.5 Å². The molecular formula is C21H25ClF3N5. The van der Waals surface area contributed by atoms with Crippen LogP contribution in [0.2, 0.25) is 5.02 Å². The first kappa shape index (κ1) is 21.0. The number of nitrogens with two attached hydrogens (primary N) is 1. The highest BCUT2D eigenvalue weighted by molar-refractivity contribution is 6.31. The highest BCUT2D eigenvalue weighted by Gasteiger charge is 2.50. The van der Waals surface area contributed by atoms with Crippen LogP contribution in [0.5, 0.6) is 0 Å². The van der Waals surface area contributed by atoms with Crippen molar-refractivity contribution in [2.24, 2.45) is 10.8 Å². The van der Waals surface area contributed by atoms with Gasteiger partial charge in [-0.3, -0.25) is 0 Å². The fourth-order valence-electron chi connectivity index (χ4n) is 5.38.